The number of imidazole rings is 1. The summed E-state index contributed by atoms with van der Waals surface area (Å²) in [6, 6.07) is -0.866. The molecule has 0 saturated carbocycles. The Hall–Kier alpha value is -2.28. The first-order chi connectivity index (χ1) is 13.3. The lowest BCUT2D eigenvalue weighted by atomic mass is 10.0. The van der Waals surface area contributed by atoms with Crippen molar-refractivity contribution in [3.05, 3.63) is 34.9 Å². The van der Waals surface area contributed by atoms with Crippen LogP contribution in [0.2, 0.25) is 5.15 Å². The number of alkyl carbamates (subject to hydrolysis) is 1. The Morgan fingerprint density at radius 1 is 1.39 bits per heavy atom. The van der Waals surface area contributed by atoms with E-state index in [0.29, 0.717) is 23.2 Å². The Morgan fingerprint density at radius 2 is 2.11 bits per heavy atom. The summed E-state index contributed by atoms with van der Waals surface area (Å²) in [5.74, 6) is 0.444. The van der Waals surface area contributed by atoms with Crippen LogP contribution in [-0.2, 0) is 9.53 Å². The van der Waals surface area contributed by atoms with E-state index in [1.54, 1.807) is 4.90 Å². The normalized spacial score (nSPS) is 18.8. The SMILES string of the molecule is CC=CC(=CC)c1nc(C2CCCN2C(=O)C(NC(=O)OC)C(C)C)[nH]c1Cl. The Labute approximate surface area is 171 Å². The molecule has 2 amide bonds. The minimum absolute atomic E-state index is 0.0760. The molecule has 0 bridgehead atoms. The average molecular weight is 409 g/mol. The van der Waals surface area contributed by atoms with E-state index in [4.69, 9.17) is 11.6 Å². The highest BCUT2D eigenvalue weighted by Crippen LogP contribution is 2.34. The number of allylic oxidation sites excluding steroid dienone is 4. The minimum atomic E-state index is -0.660. The van der Waals surface area contributed by atoms with E-state index in [2.05, 4.69) is 20.0 Å². The molecule has 1 saturated heterocycles. The highest BCUT2D eigenvalue weighted by atomic mass is 35.5. The van der Waals surface area contributed by atoms with Crippen molar-refractivity contribution in [2.45, 2.75) is 52.6 Å². The molecular weight excluding hydrogens is 380 g/mol. The van der Waals surface area contributed by atoms with Crippen molar-refractivity contribution in [1.29, 1.82) is 0 Å². The van der Waals surface area contributed by atoms with Crippen LogP contribution in [0.3, 0.4) is 0 Å². The molecule has 0 spiro atoms. The molecule has 2 heterocycles. The number of hydrogen-bond acceptors (Lipinski definition) is 4. The van der Waals surface area contributed by atoms with E-state index < -0.39 is 12.1 Å². The smallest absolute Gasteiger partial charge is 0.407 e. The number of H-pyrrole nitrogens is 1. The number of nitrogens with zero attached hydrogens (tertiary/aromatic N) is 2. The molecule has 7 nitrogen and oxygen atoms in total. The van der Waals surface area contributed by atoms with E-state index in [1.165, 1.54) is 7.11 Å². The Morgan fingerprint density at radius 3 is 2.68 bits per heavy atom. The minimum Gasteiger partial charge on any atom is -0.453 e. The topological polar surface area (TPSA) is 87.3 Å². The van der Waals surface area contributed by atoms with Crippen molar-refractivity contribution in [3.8, 4) is 0 Å². The molecule has 2 atom stereocenters. The molecule has 1 aliphatic heterocycles. The average Bonchev–Trinajstić information content (AvgIpc) is 3.29. The number of ether oxygens (including phenoxy) is 1. The summed E-state index contributed by atoms with van der Waals surface area (Å²) in [6.07, 6.45) is 6.84. The van der Waals surface area contributed by atoms with Gasteiger partial charge in [0, 0.05) is 6.54 Å². The van der Waals surface area contributed by atoms with E-state index in [1.807, 2.05) is 45.9 Å². The lowest BCUT2D eigenvalue weighted by Gasteiger charge is -2.29. The molecule has 0 radical (unpaired) electrons. The van der Waals surface area contributed by atoms with Gasteiger partial charge in [0.1, 0.15) is 22.7 Å². The number of nitrogens with one attached hydrogen (secondary N) is 2. The van der Waals surface area contributed by atoms with Gasteiger partial charge in [-0.1, -0.05) is 43.7 Å². The number of halogens is 1. The fraction of sp³-hybridized carbons (Fsp3) is 0.550. The van der Waals surface area contributed by atoms with E-state index in [9.17, 15) is 9.59 Å². The molecule has 0 aromatic carbocycles. The highest BCUT2D eigenvalue weighted by molar-refractivity contribution is 6.31. The van der Waals surface area contributed by atoms with Gasteiger partial charge < -0.3 is 19.9 Å². The fourth-order valence-electron chi connectivity index (χ4n) is 3.40. The first kappa shape index (κ1) is 22.0. The number of rotatable bonds is 6. The quantitative estimate of drug-likeness (QED) is 0.694. The van der Waals surface area contributed by atoms with Gasteiger partial charge in [-0.3, -0.25) is 4.79 Å². The van der Waals surface area contributed by atoms with Crippen molar-refractivity contribution in [1.82, 2.24) is 20.2 Å². The molecule has 0 aliphatic carbocycles. The maximum atomic E-state index is 13.2. The van der Waals surface area contributed by atoms with Crippen LogP contribution in [0, 0.1) is 5.92 Å². The van der Waals surface area contributed by atoms with Crippen LogP contribution in [0.25, 0.3) is 5.57 Å². The molecule has 1 aromatic heterocycles. The Balaban J connectivity index is 2.29. The Kier molecular flexibility index (Phi) is 7.69. The molecule has 2 rings (SSSR count). The number of hydrogen-bond donors (Lipinski definition) is 2. The summed E-state index contributed by atoms with van der Waals surface area (Å²) in [5, 5.41) is 3.10. The van der Waals surface area contributed by atoms with Gasteiger partial charge in [-0.25, -0.2) is 9.78 Å². The second-order valence-corrected chi connectivity index (χ2v) is 7.45. The second kappa shape index (κ2) is 9.78. The third kappa shape index (κ3) is 4.76. The van der Waals surface area contributed by atoms with Gasteiger partial charge in [0.25, 0.3) is 0 Å². The van der Waals surface area contributed by atoms with Gasteiger partial charge in [-0.15, -0.1) is 0 Å². The van der Waals surface area contributed by atoms with Crippen LogP contribution in [0.1, 0.15) is 58.1 Å². The highest BCUT2D eigenvalue weighted by Gasteiger charge is 2.37. The van der Waals surface area contributed by atoms with Crippen LogP contribution < -0.4 is 5.32 Å². The monoisotopic (exact) mass is 408 g/mol. The van der Waals surface area contributed by atoms with E-state index >= 15 is 0 Å². The largest absolute Gasteiger partial charge is 0.453 e. The zero-order chi connectivity index (χ0) is 20.8. The van der Waals surface area contributed by atoms with Crippen molar-refractivity contribution in [3.63, 3.8) is 0 Å². The van der Waals surface area contributed by atoms with Crippen LogP contribution >= 0.6 is 11.6 Å². The van der Waals surface area contributed by atoms with Gasteiger partial charge in [-0.05, 0) is 38.2 Å². The summed E-state index contributed by atoms with van der Waals surface area (Å²) >= 11 is 6.39. The van der Waals surface area contributed by atoms with E-state index in [0.717, 1.165) is 18.4 Å². The zero-order valence-electron chi connectivity index (χ0n) is 17.1. The Bertz CT molecular complexity index is 770. The molecule has 1 aliphatic rings. The lowest BCUT2D eigenvalue weighted by Crippen LogP contribution is -2.51. The number of carbonyl (C=O) groups excluding carboxylic acids is 2. The van der Waals surface area contributed by atoms with Crippen molar-refractivity contribution < 1.29 is 14.3 Å². The number of aromatic amines is 1. The van der Waals surface area contributed by atoms with Crippen molar-refractivity contribution in [2.75, 3.05) is 13.7 Å². The molecule has 28 heavy (non-hydrogen) atoms. The summed E-state index contributed by atoms with van der Waals surface area (Å²) in [5.41, 5.74) is 1.59. The fourth-order valence-corrected chi connectivity index (χ4v) is 3.65. The molecule has 2 unspecified atom stereocenters. The predicted octanol–water partition coefficient (Wildman–Crippen LogP) is 4.09. The first-order valence-corrected chi connectivity index (χ1v) is 9.91. The number of aromatic nitrogens is 2. The molecule has 1 aromatic rings. The number of likely N-dealkylation sites (tertiary alicyclic amines) is 1. The standard InChI is InChI=1S/C20H29ClN4O3/c1-6-9-13(7-2)16-17(21)24-18(22-16)14-10-8-11-25(14)19(26)15(12(3)4)23-20(27)28-5/h6-7,9,12,14-15H,8,10-11H2,1-5H3,(H,22,24)(H,23,27). The number of carbonyl (C=O) groups is 2. The zero-order valence-corrected chi connectivity index (χ0v) is 17.8. The summed E-state index contributed by atoms with van der Waals surface area (Å²) in [4.78, 5) is 34.4. The maximum absolute atomic E-state index is 13.2. The first-order valence-electron chi connectivity index (χ1n) is 9.53. The van der Waals surface area contributed by atoms with Gasteiger partial charge in [0.2, 0.25) is 5.91 Å². The molecule has 154 valence electrons. The summed E-state index contributed by atoms with van der Waals surface area (Å²) in [7, 11) is 1.28. The molecular formula is C20H29ClN4O3. The summed E-state index contributed by atoms with van der Waals surface area (Å²) < 4.78 is 4.67. The van der Waals surface area contributed by atoms with Gasteiger partial charge in [0.05, 0.1) is 13.2 Å². The number of amides is 2. The third-order valence-corrected chi connectivity index (χ3v) is 5.13. The number of methoxy groups -OCH3 is 1. The van der Waals surface area contributed by atoms with Crippen LogP contribution in [0.15, 0.2) is 18.2 Å². The molecule has 1 fully saturated rings. The van der Waals surface area contributed by atoms with Gasteiger partial charge in [-0.2, -0.15) is 0 Å². The maximum Gasteiger partial charge on any atom is 0.407 e. The summed E-state index contributed by atoms with van der Waals surface area (Å²) in [6.45, 7) is 8.25. The van der Waals surface area contributed by atoms with Crippen molar-refractivity contribution in [2.24, 2.45) is 5.92 Å². The van der Waals surface area contributed by atoms with Gasteiger partial charge >= 0.3 is 6.09 Å². The lowest BCUT2D eigenvalue weighted by molar-refractivity contribution is -0.135. The predicted molar refractivity (Wildman–Crippen MR) is 110 cm³/mol. The molecule has 8 heteroatoms. The van der Waals surface area contributed by atoms with Crippen molar-refractivity contribution >= 4 is 29.2 Å². The van der Waals surface area contributed by atoms with Crippen LogP contribution in [0.5, 0.6) is 0 Å². The van der Waals surface area contributed by atoms with E-state index in [-0.39, 0.29) is 17.9 Å². The third-order valence-electron chi connectivity index (χ3n) is 4.85. The van der Waals surface area contributed by atoms with Crippen LogP contribution in [0.4, 0.5) is 4.79 Å². The van der Waals surface area contributed by atoms with Gasteiger partial charge in [0.15, 0.2) is 0 Å². The second-order valence-electron chi connectivity index (χ2n) is 7.08. The molecule has 2 N–H and O–H groups in total. The van der Waals surface area contributed by atoms with Crippen LogP contribution in [-0.4, -0.2) is 46.6 Å².